The summed E-state index contributed by atoms with van der Waals surface area (Å²) < 4.78 is 0. The van der Waals surface area contributed by atoms with Gasteiger partial charge in [-0.2, -0.15) is 0 Å². The SMILES string of the molecule is CC1=c2ccccc2=C(C)C1.c1ccc2c(c1)CCC2.c1ccc2c(c1)Cc1ccccc1-2. The standard InChI is InChI=1S/C13H10.C11H12.C9H10/c1-3-7-12-10(5-1)9-11-6-2-4-8-13(11)12;1-8-7-9(2)11-6-4-3-5-10(8)11;1-2-5-9-7-3-6-8(9)4-1/h1-8H,9H2;3-6H,7H2,1-2H3;1-2,4-5H,3,6-7H2. The van der Waals surface area contributed by atoms with Gasteiger partial charge in [0.05, 0.1) is 0 Å². The van der Waals surface area contributed by atoms with Gasteiger partial charge in [0.25, 0.3) is 0 Å². The Labute approximate surface area is 198 Å². The molecule has 3 aliphatic rings. The van der Waals surface area contributed by atoms with Crippen molar-refractivity contribution < 1.29 is 0 Å². The topological polar surface area (TPSA) is 0 Å². The summed E-state index contributed by atoms with van der Waals surface area (Å²) in [6, 6.07) is 34.7. The fourth-order valence-electron chi connectivity index (χ4n) is 5.41. The van der Waals surface area contributed by atoms with Crippen LogP contribution in [0.5, 0.6) is 0 Å². The molecular formula is C33H32. The molecule has 33 heavy (non-hydrogen) atoms. The third kappa shape index (κ3) is 4.57. The van der Waals surface area contributed by atoms with Crippen molar-refractivity contribution in [2.24, 2.45) is 0 Å². The van der Waals surface area contributed by atoms with Crippen molar-refractivity contribution in [2.75, 3.05) is 0 Å². The maximum absolute atomic E-state index is 2.24. The Morgan fingerprint density at radius 2 is 0.818 bits per heavy atom. The molecule has 0 saturated heterocycles. The van der Waals surface area contributed by atoms with Crippen LogP contribution in [-0.4, -0.2) is 0 Å². The van der Waals surface area contributed by atoms with E-state index in [4.69, 9.17) is 0 Å². The Morgan fingerprint density at radius 1 is 0.424 bits per heavy atom. The second-order valence-electron chi connectivity index (χ2n) is 9.40. The quantitative estimate of drug-likeness (QED) is 0.253. The van der Waals surface area contributed by atoms with E-state index in [1.165, 1.54) is 69.5 Å². The summed E-state index contributed by atoms with van der Waals surface area (Å²) in [5, 5.41) is 2.90. The molecule has 0 saturated carbocycles. The summed E-state index contributed by atoms with van der Waals surface area (Å²) in [4.78, 5) is 0. The predicted molar refractivity (Wildman–Crippen MR) is 142 cm³/mol. The maximum Gasteiger partial charge on any atom is -0.00135 e. The molecule has 7 rings (SSSR count). The lowest BCUT2D eigenvalue weighted by atomic mass is 10.1. The van der Waals surface area contributed by atoms with Crippen LogP contribution in [0.1, 0.15) is 48.9 Å². The van der Waals surface area contributed by atoms with Crippen molar-refractivity contribution in [1.29, 1.82) is 0 Å². The summed E-state index contributed by atoms with van der Waals surface area (Å²) in [7, 11) is 0. The van der Waals surface area contributed by atoms with Gasteiger partial charge in [0.1, 0.15) is 0 Å². The average Bonchev–Trinajstić information content (AvgIpc) is 3.56. The molecule has 0 radical (unpaired) electrons. The highest BCUT2D eigenvalue weighted by atomic mass is 14.2. The fourth-order valence-corrected chi connectivity index (χ4v) is 5.41. The number of rotatable bonds is 0. The van der Waals surface area contributed by atoms with Gasteiger partial charge in [-0.05, 0) is 89.8 Å². The van der Waals surface area contributed by atoms with E-state index < -0.39 is 0 Å². The van der Waals surface area contributed by atoms with Crippen molar-refractivity contribution in [1.82, 2.24) is 0 Å². The summed E-state index contributed by atoms with van der Waals surface area (Å²) in [6.07, 6.45) is 6.23. The lowest BCUT2D eigenvalue weighted by Gasteiger charge is -1.98. The lowest BCUT2D eigenvalue weighted by Crippen LogP contribution is -2.22. The highest BCUT2D eigenvalue weighted by Gasteiger charge is 2.15. The molecule has 0 N–H and O–H groups in total. The Balaban J connectivity index is 0.000000106. The minimum Gasteiger partial charge on any atom is -0.0620 e. The van der Waals surface area contributed by atoms with E-state index in [1.807, 2.05) is 0 Å². The molecule has 0 aromatic heterocycles. The Bertz CT molecular complexity index is 1300. The molecular weight excluding hydrogens is 396 g/mol. The summed E-state index contributed by atoms with van der Waals surface area (Å²) in [5.41, 5.74) is 11.9. The molecule has 3 aliphatic carbocycles. The van der Waals surface area contributed by atoms with Crippen molar-refractivity contribution in [3.63, 3.8) is 0 Å². The smallest absolute Gasteiger partial charge is 0.00135 e. The van der Waals surface area contributed by atoms with Gasteiger partial charge in [0.15, 0.2) is 0 Å². The molecule has 0 amide bonds. The minimum atomic E-state index is 1.10. The van der Waals surface area contributed by atoms with Gasteiger partial charge in [-0.1, -0.05) is 108 Å². The zero-order valence-corrected chi connectivity index (χ0v) is 19.8. The number of fused-ring (bicyclic) bond motifs is 5. The van der Waals surface area contributed by atoms with E-state index in [2.05, 4.69) is 111 Å². The van der Waals surface area contributed by atoms with Gasteiger partial charge in [-0.15, -0.1) is 0 Å². The maximum atomic E-state index is 2.24. The summed E-state index contributed by atoms with van der Waals surface area (Å²) >= 11 is 0. The third-order valence-corrected chi connectivity index (χ3v) is 7.09. The second kappa shape index (κ2) is 9.63. The lowest BCUT2D eigenvalue weighted by molar-refractivity contribution is 0.912. The van der Waals surface area contributed by atoms with Crippen LogP contribution in [0.3, 0.4) is 0 Å². The number of hydrogen-bond acceptors (Lipinski definition) is 0. The molecule has 0 heteroatoms. The van der Waals surface area contributed by atoms with E-state index >= 15 is 0 Å². The Hall–Kier alpha value is -3.38. The van der Waals surface area contributed by atoms with Crippen LogP contribution in [0.4, 0.5) is 0 Å². The first-order valence-corrected chi connectivity index (χ1v) is 12.2. The van der Waals surface area contributed by atoms with Crippen LogP contribution in [0.2, 0.25) is 0 Å². The number of aryl methyl sites for hydroxylation is 2. The fraction of sp³-hybridized carbons (Fsp3) is 0.212. The highest BCUT2D eigenvalue weighted by molar-refractivity contribution is 5.76. The van der Waals surface area contributed by atoms with Crippen molar-refractivity contribution in [3.8, 4) is 11.1 Å². The molecule has 0 aliphatic heterocycles. The average molecular weight is 429 g/mol. The zero-order valence-electron chi connectivity index (χ0n) is 19.8. The van der Waals surface area contributed by atoms with E-state index in [-0.39, 0.29) is 0 Å². The molecule has 0 atom stereocenters. The zero-order chi connectivity index (χ0) is 22.6. The monoisotopic (exact) mass is 428 g/mol. The largest absolute Gasteiger partial charge is 0.0620 e. The van der Waals surface area contributed by atoms with Gasteiger partial charge < -0.3 is 0 Å². The normalized spacial score (nSPS) is 14.2. The molecule has 4 aromatic rings. The van der Waals surface area contributed by atoms with Crippen LogP contribution in [-0.2, 0) is 19.3 Å². The van der Waals surface area contributed by atoms with Gasteiger partial charge >= 0.3 is 0 Å². The van der Waals surface area contributed by atoms with Crippen molar-refractivity contribution in [3.05, 3.63) is 130 Å². The van der Waals surface area contributed by atoms with Gasteiger partial charge in [0, 0.05) is 0 Å². The Kier molecular flexibility index (Phi) is 6.26. The minimum absolute atomic E-state index is 1.10. The Morgan fingerprint density at radius 3 is 1.30 bits per heavy atom. The first-order chi connectivity index (χ1) is 16.2. The number of hydrogen-bond donors (Lipinski definition) is 0. The van der Waals surface area contributed by atoms with Crippen molar-refractivity contribution in [2.45, 2.75) is 46.0 Å². The molecule has 0 heterocycles. The van der Waals surface area contributed by atoms with E-state index in [0.29, 0.717) is 0 Å². The van der Waals surface area contributed by atoms with Gasteiger partial charge in [0.2, 0.25) is 0 Å². The van der Waals surface area contributed by atoms with Crippen LogP contribution >= 0.6 is 0 Å². The molecule has 0 nitrogen and oxygen atoms in total. The molecule has 164 valence electrons. The predicted octanol–water partition coefficient (Wildman–Crippen LogP) is 6.86. The van der Waals surface area contributed by atoms with Crippen LogP contribution in [0, 0.1) is 0 Å². The summed E-state index contributed by atoms with van der Waals surface area (Å²) in [5.74, 6) is 0. The van der Waals surface area contributed by atoms with Crippen LogP contribution in [0.25, 0.3) is 22.3 Å². The molecule has 0 fully saturated rings. The van der Waals surface area contributed by atoms with E-state index in [0.717, 1.165) is 6.42 Å². The van der Waals surface area contributed by atoms with Crippen LogP contribution < -0.4 is 10.4 Å². The van der Waals surface area contributed by atoms with Gasteiger partial charge in [-0.3, -0.25) is 0 Å². The second-order valence-corrected chi connectivity index (χ2v) is 9.40. The first-order valence-electron chi connectivity index (χ1n) is 12.2. The van der Waals surface area contributed by atoms with Crippen LogP contribution in [0.15, 0.2) is 97.1 Å². The molecule has 0 unspecified atom stereocenters. The first kappa shape index (κ1) is 21.5. The molecule has 0 bridgehead atoms. The number of benzene rings is 4. The molecule has 4 aromatic carbocycles. The van der Waals surface area contributed by atoms with E-state index in [1.54, 1.807) is 11.1 Å². The summed E-state index contributed by atoms with van der Waals surface area (Å²) in [6.45, 7) is 4.44. The van der Waals surface area contributed by atoms with Gasteiger partial charge in [-0.25, -0.2) is 0 Å². The van der Waals surface area contributed by atoms with E-state index in [9.17, 15) is 0 Å². The van der Waals surface area contributed by atoms with Crippen molar-refractivity contribution >= 4 is 11.1 Å². The molecule has 0 spiro atoms. The third-order valence-electron chi connectivity index (χ3n) is 7.09. The highest BCUT2D eigenvalue weighted by Crippen LogP contribution is 2.35.